The van der Waals surface area contributed by atoms with E-state index in [0.717, 1.165) is 5.69 Å². The topological polar surface area (TPSA) is 35.0 Å². The lowest BCUT2D eigenvalue weighted by Gasteiger charge is -2.06. The van der Waals surface area contributed by atoms with Gasteiger partial charge in [-0.1, -0.05) is 11.6 Å². The first-order valence-corrected chi connectivity index (χ1v) is 4.16. The van der Waals surface area contributed by atoms with Gasteiger partial charge >= 0.3 is 0 Å². The molecule has 0 aliphatic rings. The molecular formula is C8H11ClN2O. The molecule has 1 heterocycles. The van der Waals surface area contributed by atoms with Gasteiger partial charge in [-0.05, 0) is 20.8 Å². The van der Waals surface area contributed by atoms with Gasteiger partial charge in [0, 0.05) is 0 Å². The summed E-state index contributed by atoms with van der Waals surface area (Å²) in [5, 5.41) is 0.502. The highest BCUT2D eigenvalue weighted by atomic mass is 35.5. The van der Waals surface area contributed by atoms with Crippen LogP contribution < -0.4 is 4.74 Å². The quantitative estimate of drug-likeness (QED) is 0.710. The molecule has 0 saturated heterocycles. The Bertz CT molecular complexity index is 289. The van der Waals surface area contributed by atoms with Crippen LogP contribution in [-0.2, 0) is 0 Å². The maximum atomic E-state index is 5.89. The van der Waals surface area contributed by atoms with Crippen LogP contribution in [0, 0.1) is 13.8 Å². The summed E-state index contributed by atoms with van der Waals surface area (Å²) in [7, 11) is 0. The Morgan fingerprint density at radius 2 is 2.00 bits per heavy atom. The Hall–Kier alpha value is -0.830. The van der Waals surface area contributed by atoms with E-state index in [2.05, 4.69) is 9.97 Å². The third kappa shape index (κ3) is 1.85. The van der Waals surface area contributed by atoms with Crippen LogP contribution >= 0.6 is 11.6 Å². The average Bonchev–Trinajstić information content (AvgIpc) is 2.00. The maximum absolute atomic E-state index is 5.89. The van der Waals surface area contributed by atoms with E-state index >= 15 is 0 Å². The average molecular weight is 187 g/mol. The van der Waals surface area contributed by atoms with E-state index in [1.807, 2.05) is 20.8 Å². The van der Waals surface area contributed by atoms with Crippen molar-refractivity contribution in [2.75, 3.05) is 6.61 Å². The SMILES string of the molecule is CCOc1nc(C)nc(C)c1Cl. The Labute approximate surface area is 76.7 Å². The molecule has 0 aliphatic carbocycles. The molecule has 3 nitrogen and oxygen atoms in total. The highest BCUT2D eigenvalue weighted by Crippen LogP contribution is 2.23. The van der Waals surface area contributed by atoms with E-state index in [9.17, 15) is 0 Å². The fourth-order valence-corrected chi connectivity index (χ4v) is 1.04. The summed E-state index contributed by atoms with van der Waals surface area (Å²) in [6.45, 7) is 6.10. The number of hydrogen-bond acceptors (Lipinski definition) is 3. The molecule has 4 heteroatoms. The summed E-state index contributed by atoms with van der Waals surface area (Å²) in [5.41, 5.74) is 0.757. The van der Waals surface area contributed by atoms with Crippen LogP contribution in [0.15, 0.2) is 0 Å². The predicted molar refractivity (Wildman–Crippen MR) is 47.7 cm³/mol. The molecule has 66 valence electrons. The number of nitrogens with zero attached hydrogens (tertiary/aromatic N) is 2. The number of aryl methyl sites for hydroxylation is 2. The molecule has 0 atom stereocenters. The van der Waals surface area contributed by atoms with Gasteiger partial charge in [0.1, 0.15) is 10.8 Å². The molecule has 0 saturated carbocycles. The summed E-state index contributed by atoms with van der Waals surface area (Å²) in [5.74, 6) is 1.16. The molecule has 1 rings (SSSR count). The van der Waals surface area contributed by atoms with Gasteiger partial charge < -0.3 is 4.74 Å². The lowest BCUT2D eigenvalue weighted by Crippen LogP contribution is -2.00. The van der Waals surface area contributed by atoms with Crippen molar-refractivity contribution in [3.8, 4) is 5.88 Å². The lowest BCUT2D eigenvalue weighted by molar-refractivity contribution is 0.325. The Balaban J connectivity index is 3.09. The Morgan fingerprint density at radius 1 is 1.33 bits per heavy atom. The first kappa shape index (κ1) is 9.26. The van der Waals surface area contributed by atoms with Crippen molar-refractivity contribution >= 4 is 11.6 Å². The zero-order chi connectivity index (χ0) is 9.14. The van der Waals surface area contributed by atoms with Gasteiger partial charge in [-0.25, -0.2) is 4.98 Å². The van der Waals surface area contributed by atoms with Gasteiger partial charge in [-0.15, -0.1) is 0 Å². The van der Waals surface area contributed by atoms with E-state index in [-0.39, 0.29) is 0 Å². The highest BCUT2D eigenvalue weighted by Gasteiger charge is 2.07. The number of aromatic nitrogens is 2. The summed E-state index contributed by atoms with van der Waals surface area (Å²) in [6.07, 6.45) is 0. The van der Waals surface area contributed by atoms with Crippen LogP contribution in [0.25, 0.3) is 0 Å². The molecule has 0 amide bonds. The monoisotopic (exact) mass is 186 g/mol. The summed E-state index contributed by atoms with van der Waals surface area (Å²) in [6, 6.07) is 0. The van der Waals surface area contributed by atoms with E-state index in [1.165, 1.54) is 0 Å². The second-order valence-corrected chi connectivity index (χ2v) is 2.79. The minimum absolute atomic E-state index is 0.476. The van der Waals surface area contributed by atoms with Gasteiger partial charge in [0.15, 0.2) is 0 Å². The molecule has 1 aromatic rings. The summed E-state index contributed by atoms with van der Waals surface area (Å²) < 4.78 is 5.22. The molecule has 0 fully saturated rings. The van der Waals surface area contributed by atoms with E-state index in [4.69, 9.17) is 16.3 Å². The van der Waals surface area contributed by atoms with Gasteiger partial charge in [0.2, 0.25) is 5.88 Å². The second-order valence-electron chi connectivity index (χ2n) is 2.41. The van der Waals surface area contributed by atoms with E-state index in [0.29, 0.717) is 23.3 Å². The molecule has 12 heavy (non-hydrogen) atoms. The zero-order valence-electron chi connectivity index (χ0n) is 7.39. The van der Waals surface area contributed by atoms with Gasteiger partial charge in [-0.3, -0.25) is 0 Å². The van der Waals surface area contributed by atoms with Gasteiger partial charge in [0.05, 0.1) is 12.3 Å². The summed E-state index contributed by atoms with van der Waals surface area (Å²) in [4.78, 5) is 8.15. The van der Waals surface area contributed by atoms with Crippen LogP contribution in [0.1, 0.15) is 18.4 Å². The van der Waals surface area contributed by atoms with Crippen LogP contribution in [0.4, 0.5) is 0 Å². The maximum Gasteiger partial charge on any atom is 0.236 e. The minimum Gasteiger partial charge on any atom is -0.477 e. The van der Waals surface area contributed by atoms with E-state index < -0.39 is 0 Å². The van der Waals surface area contributed by atoms with E-state index in [1.54, 1.807) is 0 Å². The van der Waals surface area contributed by atoms with Crippen molar-refractivity contribution in [3.63, 3.8) is 0 Å². The molecule has 0 spiro atoms. The predicted octanol–water partition coefficient (Wildman–Crippen LogP) is 2.15. The van der Waals surface area contributed by atoms with Crippen molar-refractivity contribution in [3.05, 3.63) is 16.5 Å². The second kappa shape index (κ2) is 3.72. The minimum atomic E-state index is 0.476. The normalized spacial score (nSPS) is 10.0. The summed E-state index contributed by atoms with van der Waals surface area (Å²) >= 11 is 5.89. The standard InChI is InChI=1S/C8H11ClN2O/c1-4-12-8-7(9)5(2)10-6(3)11-8/h4H2,1-3H3. The van der Waals surface area contributed by atoms with Gasteiger partial charge in [-0.2, -0.15) is 4.98 Å². The van der Waals surface area contributed by atoms with Crippen molar-refractivity contribution < 1.29 is 4.74 Å². The molecule has 0 N–H and O–H groups in total. The largest absolute Gasteiger partial charge is 0.477 e. The number of halogens is 1. The highest BCUT2D eigenvalue weighted by molar-refractivity contribution is 6.32. The Kier molecular flexibility index (Phi) is 2.87. The fourth-order valence-electron chi connectivity index (χ4n) is 0.900. The molecule has 0 bridgehead atoms. The fraction of sp³-hybridized carbons (Fsp3) is 0.500. The molecular weight excluding hydrogens is 176 g/mol. The molecule has 1 aromatic heterocycles. The van der Waals surface area contributed by atoms with Crippen molar-refractivity contribution in [2.24, 2.45) is 0 Å². The Morgan fingerprint density at radius 3 is 2.58 bits per heavy atom. The van der Waals surface area contributed by atoms with Crippen molar-refractivity contribution in [2.45, 2.75) is 20.8 Å². The van der Waals surface area contributed by atoms with Crippen molar-refractivity contribution in [1.29, 1.82) is 0 Å². The first-order valence-electron chi connectivity index (χ1n) is 3.78. The van der Waals surface area contributed by atoms with Crippen LogP contribution in [-0.4, -0.2) is 16.6 Å². The van der Waals surface area contributed by atoms with Crippen LogP contribution in [0.2, 0.25) is 5.02 Å². The van der Waals surface area contributed by atoms with Crippen molar-refractivity contribution in [1.82, 2.24) is 9.97 Å². The molecule has 0 radical (unpaired) electrons. The molecule has 0 aliphatic heterocycles. The zero-order valence-corrected chi connectivity index (χ0v) is 8.14. The lowest BCUT2D eigenvalue weighted by atomic mass is 10.4. The van der Waals surface area contributed by atoms with Crippen LogP contribution in [0.5, 0.6) is 5.88 Å². The third-order valence-corrected chi connectivity index (χ3v) is 1.81. The molecule has 0 aromatic carbocycles. The smallest absolute Gasteiger partial charge is 0.236 e. The molecule has 0 unspecified atom stereocenters. The number of ether oxygens (including phenoxy) is 1. The third-order valence-electron chi connectivity index (χ3n) is 1.38. The van der Waals surface area contributed by atoms with Crippen LogP contribution in [0.3, 0.4) is 0 Å². The van der Waals surface area contributed by atoms with Gasteiger partial charge in [0.25, 0.3) is 0 Å². The number of rotatable bonds is 2. The first-order chi connectivity index (χ1) is 5.65. The number of hydrogen-bond donors (Lipinski definition) is 0.